The zero-order valence-electron chi connectivity index (χ0n) is 14.5. The van der Waals surface area contributed by atoms with Gasteiger partial charge in [0.15, 0.2) is 6.61 Å². The van der Waals surface area contributed by atoms with Gasteiger partial charge in [0.05, 0.1) is 10.7 Å². The number of rotatable bonds is 5. The lowest BCUT2D eigenvalue weighted by molar-refractivity contribution is -0.133. The van der Waals surface area contributed by atoms with Crippen molar-refractivity contribution in [3.8, 4) is 5.75 Å². The van der Waals surface area contributed by atoms with Crippen LogP contribution in [-0.4, -0.2) is 43.6 Å². The lowest BCUT2D eigenvalue weighted by Gasteiger charge is -2.36. The molecular formula is C20H23ClN2O2. The van der Waals surface area contributed by atoms with Crippen molar-refractivity contribution < 1.29 is 9.53 Å². The maximum Gasteiger partial charge on any atom is 0.260 e. The number of para-hydroxylation sites is 1. The van der Waals surface area contributed by atoms with Gasteiger partial charge in [-0.15, -0.1) is 0 Å². The fourth-order valence-corrected chi connectivity index (χ4v) is 3.22. The highest BCUT2D eigenvalue weighted by molar-refractivity contribution is 6.33. The first-order chi connectivity index (χ1) is 12.2. The molecule has 0 radical (unpaired) electrons. The van der Waals surface area contributed by atoms with Crippen LogP contribution >= 0.6 is 11.6 Å². The number of nitrogens with zero attached hydrogens (tertiary/aromatic N) is 2. The molecule has 1 aliphatic rings. The van der Waals surface area contributed by atoms with E-state index in [0.717, 1.165) is 36.0 Å². The van der Waals surface area contributed by atoms with E-state index < -0.39 is 0 Å². The average Bonchev–Trinajstić information content (AvgIpc) is 2.67. The molecule has 5 heteroatoms. The summed E-state index contributed by atoms with van der Waals surface area (Å²) in [5.74, 6) is 0.763. The van der Waals surface area contributed by atoms with Crippen molar-refractivity contribution in [1.82, 2.24) is 4.90 Å². The van der Waals surface area contributed by atoms with E-state index in [1.807, 2.05) is 53.4 Å². The molecule has 0 aromatic heterocycles. The molecule has 0 atom stereocenters. The molecule has 4 nitrogen and oxygen atoms in total. The second-order valence-electron chi connectivity index (χ2n) is 6.11. The van der Waals surface area contributed by atoms with Crippen molar-refractivity contribution in [2.24, 2.45) is 0 Å². The Morgan fingerprint density at radius 1 is 1.04 bits per heavy atom. The number of amides is 1. The van der Waals surface area contributed by atoms with E-state index in [1.165, 1.54) is 5.56 Å². The molecule has 0 spiro atoms. The molecule has 1 aliphatic heterocycles. The molecule has 2 aromatic carbocycles. The third-order valence-corrected chi connectivity index (χ3v) is 4.84. The normalized spacial score (nSPS) is 14.5. The van der Waals surface area contributed by atoms with Crippen LogP contribution in [0.3, 0.4) is 0 Å². The van der Waals surface area contributed by atoms with Gasteiger partial charge in [-0.3, -0.25) is 4.79 Å². The molecule has 132 valence electrons. The minimum absolute atomic E-state index is 0.0263. The van der Waals surface area contributed by atoms with Gasteiger partial charge in [-0.1, -0.05) is 42.8 Å². The molecule has 1 fully saturated rings. The van der Waals surface area contributed by atoms with Crippen LogP contribution in [0.1, 0.15) is 12.5 Å². The Labute approximate surface area is 154 Å². The third kappa shape index (κ3) is 4.45. The summed E-state index contributed by atoms with van der Waals surface area (Å²) in [4.78, 5) is 16.4. The number of carbonyl (C=O) groups excluding carboxylic acids is 1. The summed E-state index contributed by atoms with van der Waals surface area (Å²) in [5, 5.41) is 0.751. The van der Waals surface area contributed by atoms with E-state index in [1.54, 1.807) is 0 Å². The van der Waals surface area contributed by atoms with E-state index in [9.17, 15) is 4.79 Å². The van der Waals surface area contributed by atoms with Crippen LogP contribution in [0, 0.1) is 0 Å². The van der Waals surface area contributed by atoms with Gasteiger partial charge in [-0.25, -0.2) is 0 Å². The molecule has 1 amide bonds. The summed E-state index contributed by atoms with van der Waals surface area (Å²) in [5.41, 5.74) is 2.29. The number of carbonyl (C=O) groups is 1. The predicted molar refractivity (Wildman–Crippen MR) is 102 cm³/mol. The first-order valence-corrected chi connectivity index (χ1v) is 9.04. The lowest BCUT2D eigenvalue weighted by Crippen LogP contribution is -2.50. The largest absolute Gasteiger partial charge is 0.484 e. The van der Waals surface area contributed by atoms with E-state index in [2.05, 4.69) is 11.8 Å². The van der Waals surface area contributed by atoms with Crippen LogP contribution in [-0.2, 0) is 11.2 Å². The van der Waals surface area contributed by atoms with Gasteiger partial charge < -0.3 is 14.5 Å². The van der Waals surface area contributed by atoms with Crippen LogP contribution in [0.2, 0.25) is 5.02 Å². The zero-order chi connectivity index (χ0) is 17.6. The van der Waals surface area contributed by atoms with Gasteiger partial charge in [-0.2, -0.15) is 0 Å². The Hall–Kier alpha value is -2.20. The summed E-state index contributed by atoms with van der Waals surface area (Å²) >= 11 is 6.25. The Bertz CT molecular complexity index is 710. The molecule has 3 rings (SSSR count). The molecule has 0 saturated carbocycles. The lowest BCUT2D eigenvalue weighted by atomic mass is 10.2. The van der Waals surface area contributed by atoms with Crippen LogP contribution in [0.5, 0.6) is 5.75 Å². The number of halogens is 1. The summed E-state index contributed by atoms with van der Waals surface area (Å²) in [6.07, 6.45) is 0.995. The Kier molecular flexibility index (Phi) is 5.82. The topological polar surface area (TPSA) is 32.8 Å². The van der Waals surface area contributed by atoms with Crippen molar-refractivity contribution in [3.63, 3.8) is 0 Å². The molecule has 2 aromatic rings. The van der Waals surface area contributed by atoms with E-state index in [-0.39, 0.29) is 12.5 Å². The summed E-state index contributed by atoms with van der Waals surface area (Å²) in [6, 6.07) is 15.7. The highest BCUT2D eigenvalue weighted by Crippen LogP contribution is 2.26. The van der Waals surface area contributed by atoms with Crippen molar-refractivity contribution in [3.05, 3.63) is 59.1 Å². The quantitative estimate of drug-likeness (QED) is 0.818. The Morgan fingerprint density at radius 3 is 2.36 bits per heavy atom. The summed E-state index contributed by atoms with van der Waals surface area (Å²) in [7, 11) is 0. The number of hydrogen-bond acceptors (Lipinski definition) is 3. The van der Waals surface area contributed by atoms with Gasteiger partial charge in [-0.05, 0) is 36.2 Å². The van der Waals surface area contributed by atoms with Crippen LogP contribution < -0.4 is 9.64 Å². The molecule has 0 N–H and O–H groups in total. The van der Waals surface area contributed by atoms with Gasteiger partial charge >= 0.3 is 0 Å². The van der Waals surface area contributed by atoms with Crippen molar-refractivity contribution in [1.29, 1.82) is 0 Å². The van der Waals surface area contributed by atoms with Gasteiger partial charge in [0.1, 0.15) is 5.75 Å². The standard InChI is InChI=1S/C20H23ClN2O2/c1-2-16-7-9-17(10-8-16)25-15-20(24)23-13-11-22(12-14-23)19-6-4-3-5-18(19)21/h3-10H,2,11-15H2,1H3. The fourth-order valence-electron chi connectivity index (χ4n) is 2.96. The minimum Gasteiger partial charge on any atom is -0.484 e. The van der Waals surface area contributed by atoms with Crippen LogP contribution in [0.25, 0.3) is 0 Å². The Balaban J connectivity index is 1.49. The van der Waals surface area contributed by atoms with E-state index >= 15 is 0 Å². The molecule has 1 heterocycles. The minimum atomic E-state index is 0.0263. The summed E-state index contributed by atoms with van der Waals surface area (Å²) < 4.78 is 5.63. The Morgan fingerprint density at radius 2 is 1.72 bits per heavy atom. The van der Waals surface area contributed by atoms with Gasteiger partial charge in [0, 0.05) is 26.2 Å². The number of hydrogen-bond donors (Lipinski definition) is 0. The SMILES string of the molecule is CCc1ccc(OCC(=O)N2CCN(c3ccccc3Cl)CC2)cc1. The number of ether oxygens (including phenoxy) is 1. The van der Waals surface area contributed by atoms with Gasteiger partial charge in [0.2, 0.25) is 0 Å². The molecule has 0 aliphatic carbocycles. The van der Waals surface area contributed by atoms with Crippen molar-refractivity contribution in [2.45, 2.75) is 13.3 Å². The number of aryl methyl sites for hydroxylation is 1. The van der Waals surface area contributed by atoms with E-state index in [0.29, 0.717) is 13.1 Å². The average molecular weight is 359 g/mol. The molecule has 1 saturated heterocycles. The summed E-state index contributed by atoms with van der Waals surface area (Å²) in [6.45, 7) is 5.12. The van der Waals surface area contributed by atoms with Crippen molar-refractivity contribution >= 4 is 23.2 Å². The highest BCUT2D eigenvalue weighted by atomic mass is 35.5. The van der Waals surface area contributed by atoms with Crippen LogP contribution in [0.15, 0.2) is 48.5 Å². The second kappa shape index (κ2) is 8.26. The zero-order valence-corrected chi connectivity index (χ0v) is 15.2. The first-order valence-electron chi connectivity index (χ1n) is 8.66. The number of benzene rings is 2. The maximum absolute atomic E-state index is 12.4. The van der Waals surface area contributed by atoms with Gasteiger partial charge in [0.25, 0.3) is 5.91 Å². The van der Waals surface area contributed by atoms with Crippen LogP contribution in [0.4, 0.5) is 5.69 Å². The second-order valence-corrected chi connectivity index (χ2v) is 6.51. The first kappa shape index (κ1) is 17.6. The smallest absolute Gasteiger partial charge is 0.260 e. The van der Waals surface area contributed by atoms with E-state index in [4.69, 9.17) is 16.3 Å². The molecule has 0 bridgehead atoms. The number of piperazine rings is 1. The maximum atomic E-state index is 12.4. The number of anilines is 1. The highest BCUT2D eigenvalue weighted by Gasteiger charge is 2.22. The fraction of sp³-hybridized carbons (Fsp3) is 0.350. The molecule has 25 heavy (non-hydrogen) atoms. The van der Waals surface area contributed by atoms with Crippen molar-refractivity contribution in [2.75, 3.05) is 37.7 Å². The monoisotopic (exact) mass is 358 g/mol. The molecule has 0 unspecified atom stereocenters. The predicted octanol–water partition coefficient (Wildman–Crippen LogP) is 3.63. The molecular weight excluding hydrogens is 336 g/mol. The third-order valence-electron chi connectivity index (χ3n) is 4.52.